The SMILES string of the molecule is C=CC(=O)OCCOCC(C)COCCOC(=O)C=C. The Morgan fingerprint density at radius 3 is 1.65 bits per heavy atom. The highest BCUT2D eigenvalue weighted by Crippen LogP contribution is 1.97. The first-order chi connectivity index (χ1) is 9.60. The molecule has 0 aromatic carbocycles. The summed E-state index contributed by atoms with van der Waals surface area (Å²) in [7, 11) is 0. The van der Waals surface area contributed by atoms with E-state index in [-0.39, 0.29) is 19.1 Å². The number of hydrogen-bond donors (Lipinski definition) is 0. The Hall–Kier alpha value is -1.66. The van der Waals surface area contributed by atoms with Crippen molar-refractivity contribution >= 4 is 11.9 Å². The standard InChI is InChI=1S/C14H22O6/c1-4-13(15)19-8-6-17-10-12(3)11-18-7-9-20-14(16)5-2/h4-5,12H,1-2,6-11H2,3H3. The Morgan fingerprint density at radius 1 is 0.900 bits per heavy atom. The monoisotopic (exact) mass is 286 g/mol. The Labute approximate surface area is 119 Å². The van der Waals surface area contributed by atoms with E-state index in [4.69, 9.17) is 18.9 Å². The summed E-state index contributed by atoms with van der Waals surface area (Å²) in [4.78, 5) is 21.4. The largest absolute Gasteiger partial charge is 0.460 e. The molecule has 0 aliphatic heterocycles. The van der Waals surface area contributed by atoms with Gasteiger partial charge >= 0.3 is 11.9 Å². The van der Waals surface area contributed by atoms with Crippen molar-refractivity contribution in [3.63, 3.8) is 0 Å². The van der Waals surface area contributed by atoms with Crippen LogP contribution < -0.4 is 0 Å². The van der Waals surface area contributed by atoms with Crippen LogP contribution in [0.3, 0.4) is 0 Å². The van der Waals surface area contributed by atoms with Crippen LogP contribution in [0.4, 0.5) is 0 Å². The maximum atomic E-state index is 10.7. The molecule has 6 nitrogen and oxygen atoms in total. The summed E-state index contributed by atoms with van der Waals surface area (Å²) in [5, 5.41) is 0. The van der Waals surface area contributed by atoms with Gasteiger partial charge in [0.2, 0.25) is 0 Å². The zero-order valence-electron chi connectivity index (χ0n) is 11.8. The molecule has 114 valence electrons. The van der Waals surface area contributed by atoms with Crippen molar-refractivity contribution in [1.29, 1.82) is 0 Å². The summed E-state index contributed by atoms with van der Waals surface area (Å²) in [5.41, 5.74) is 0. The molecular formula is C14H22O6. The van der Waals surface area contributed by atoms with Crippen molar-refractivity contribution in [2.24, 2.45) is 5.92 Å². The third-order valence-corrected chi connectivity index (χ3v) is 2.08. The Kier molecular flexibility index (Phi) is 11.4. The number of rotatable bonds is 12. The second kappa shape index (κ2) is 12.4. The molecule has 0 N–H and O–H groups in total. The predicted molar refractivity (Wildman–Crippen MR) is 73.1 cm³/mol. The van der Waals surface area contributed by atoms with Crippen LogP contribution in [0.1, 0.15) is 6.92 Å². The fourth-order valence-electron chi connectivity index (χ4n) is 1.14. The lowest BCUT2D eigenvalue weighted by atomic mass is 10.2. The summed E-state index contributed by atoms with van der Waals surface area (Å²) >= 11 is 0. The van der Waals surface area contributed by atoms with E-state index in [0.29, 0.717) is 26.4 Å². The number of esters is 2. The van der Waals surface area contributed by atoms with E-state index in [1.54, 1.807) is 0 Å². The quantitative estimate of drug-likeness (QED) is 0.304. The summed E-state index contributed by atoms with van der Waals surface area (Å²) in [6.45, 7) is 10.6. The van der Waals surface area contributed by atoms with Gasteiger partial charge < -0.3 is 18.9 Å². The van der Waals surface area contributed by atoms with Gasteiger partial charge in [0, 0.05) is 18.1 Å². The van der Waals surface area contributed by atoms with Crippen LogP contribution >= 0.6 is 0 Å². The zero-order chi connectivity index (χ0) is 15.2. The van der Waals surface area contributed by atoms with Crippen LogP contribution in [0, 0.1) is 5.92 Å². The molecular weight excluding hydrogens is 264 g/mol. The highest BCUT2D eigenvalue weighted by molar-refractivity contribution is 5.81. The molecule has 0 aliphatic rings. The van der Waals surface area contributed by atoms with Gasteiger partial charge in [-0.2, -0.15) is 0 Å². The lowest BCUT2D eigenvalue weighted by Gasteiger charge is -2.12. The molecule has 0 fully saturated rings. The number of carbonyl (C=O) groups is 2. The van der Waals surface area contributed by atoms with Crippen molar-refractivity contribution in [2.75, 3.05) is 39.6 Å². The van der Waals surface area contributed by atoms with Crippen molar-refractivity contribution in [1.82, 2.24) is 0 Å². The first-order valence-electron chi connectivity index (χ1n) is 6.34. The van der Waals surface area contributed by atoms with E-state index in [1.807, 2.05) is 6.92 Å². The third kappa shape index (κ3) is 11.4. The van der Waals surface area contributed by atoms with Crippen LogP contribution in [0.15, 0.2) is 25.3 Å². The minimum atomic E-state index is -0.459. The molecule has 6 heteroatoms. The van der Waals surface area contributed by atoms with Crippen molar-refractivity contribution < 1.29 is 28.5 Å². The van der Waals surface area contributed by atoms with Crippen LogP contribution in [0.25, 0.3) is 0 Å². The normalized spacial score (nSPS) is 10.1. The molecule has 0 saturated carbocycles. The van der Waals surface area contributed by atoms with E-state index in [2.05, 4.69) is 13.2 Å². The van der Waals surface area contributed by atoms with Gasteiger partial charge in [0.15, 0.2) is 0 Å². The van der Waals surface area contributed by atoms with Gasteiger partial charge in [0.1, 0.15) is 13.2 Å². The Bertz CT molecular complexity index is 283. The molecule has 0 radical (unpaired) electrons. The average Bonchev–Trinajstić information content (AvgIpc) is 2.45. The average molecular weight is 286 g/mol. The molecule has 0 saturated heterocycles. The smallest absolute Gasteiger partial charge is 0.330 e. The number of ether oxygens (including phenoxy) is 4. The molecule has 0 unspecified atom stereocenters. The molecule has 0 aliphatic carbocycles. The minimum Gasteiger partial charge on any atom is -0.460 e. The predicted octanol–water partition coefficient (Wildman–Crippen LogP) is 1.11. The number of carbonyl (C=O) groups excluding carboxylic acids is 2. The van der Waals surface area contributed by atoms with E-state index in [9.17, 15) is 9.59 Å². The van der Waals surface area contributed by atoms with E-state index in [0.717, 1.165) is 12.2 Å². The van der Waals surface area contributed by atoms with Gasteiger partial charge in [0.25, 0.3) is 0 Å². The van der Waals surface area contributed by atoms with Crippen molar-refractivity contribution in [2.45, 2.75) is 6.92 Å². The fourth-order valence-corrected chi connectivity index (χ4v) is 1.14. The Balaban J connectivity index is 3.34. The van der Waals surface area contributed by atoms with Gasteiger partial charge in [-0.25, -0.2) is 9.59 Å². The van der Waals surface area contributed by atoms with Gasteiger partial charge in [-0.1, -0.05) is 20.1 Å². The third-order valence-electron chi connectivity index (χ3n) is 2.08. The van der Waals surface area contributed by atoms with Crippen molar-refractivity contribution in [3.8, 4) is 0 Å². The highest BCUT2D eigenvalue weighted by atomic mass is 16.6. The minimum absolute atomic E-state index is 0.195. The fraction of sp³-hybridized carbons (Fsp3) is 0.571. The molecule has 20 heavy (non-hydrogen) atoms. The first kappa shape index (κ1) is 18.3. The lowest BCUT2D eigenvalue weighted by Crippen LogP contribution is -2.17. The summed E-state index contributed by atoms with van der Waals surface area (Å²) in [6.07, 6.45) is 2.21. The van der Waals surface area contributed by atoms with E-state index < -0.39 is 11.9 Å². The molecule has 0 atom stereocenters. The maximum absolute atomic E-state index is 10.7. The lowest BCUT2D eigenvalue weighted by molar-refractivity contribution is -0.139. The van der Waals surface area contributed by atoms with E-state index in [1.165, 1.54) is 0 Å². The van der Waals surface area contributed by atoms with Crippen molar-refractivity contribution in [3.05, 3.63) is 25.3 Å². The second-order valence-corrected chi connectivity index (χ2v) is 4.00. The van der Waals surface area contributed by atoms with E-state index >= 15 is 0 Å². The van der Waals surface area contributed by atoms with Crippen LogP contribution in [-0.4, -0.2) is 51.6 Å². The maximum Gasteiger partial charge on any atom is 0.330 e. The molecule has 0 aromatic rings. The van der Waals surface area contributed by atoms with Gasteiger partial charge in [0.05, 0.1) is 26.4 Å². The molecule has 0 rings (SSSR count). The van der Waals surface area contributed by atoms with Gasteiger partial charge in [-0.05, 0) is 0 Å². The highest BCUT2D eigenvalue weighted by Gasteiger charge is 2.03. The Morgan fingerprint density at radius 2 is 1.30 bits per heavy atom. The summed E-state index contributed by atoms with van der Waals surface area (Å²) < 4.78 is 20.1. The van der Waals surface area contributed by atoms with Crippen LogP contribution in [0.5, 0.6) is 0 Å². The van der Waals surface area contributed by atoms with Gasteiger partial charge in [-0.3, -0.25) is 0 Å². The summed E-state index contributed by atoms with van der Waals surface area (Å²) in [6, 6.07) is 0. The van der Waals surface area contributed by atoms with Gasteiger partial charge in [-0.15, -0.1) is 0 Å². The van der Waals surface area contributed by atoms with Crippen LogP contribution in [-0.2, 0) is 28.5 Å². The molecule has 0 amide bonds. The number of hydrogen-bond acceptors (Lipinski definition) is 6. The molecule has 0 aromatic heterocycles. The second-order valence-electron chi connectivity index (χ2n) is 4.00. The topological polar surface area (TPSA) is 71.1 Å². The zero-order valence-corrected chi connectivity index (χ0v) is 11.8. The molecule has 0 spiro atoms. The van der Waals surface area contributed by atoms with Crippen LogP contribution in [0.2, 0.25) is 0 Å². The first-order valence-corrected chi connectivity index (χ1v) is 6.34. The molecule has 0 bridgehead atoms. The summed E-state index contributed by atoms with van der Waals surface area (Å²) in [5.74, 6) is -0.724. The molecule has 0 heterocycles.